The van der Waals surface area contributed by atoms with Crippen molar-refractivity contribution in [3.05, 3.63) is 65.7 Å². The fraction of sp³-hybridized carbons (Fsp3) is 0.0556. The molecule has 0 saturated heterocycles. The number of carbonyl (C=O) groups excluding carboxylic acids is 1. The standard InChI is InChI=1S/C18H15N3O4/c22-15(21-25)10-14-16(11-4-2-1-3-5-11)19-20-17(14)12-6-8-13(9-7-12)18(23)24/h1-9,25H,10H2,(H,19,20)(H,21,22)(H,23,24). The first-order valence-corrected chi connectivity index (χ1v) is 7.49. The Labute approximate surface area is 142 Å². The molecule has 0 fully saturated rings. The van der Waals surface area contributed by atoms with Gasteiger partial charge in [0.25, 0.3) is 0 Å². The second-order valence-electron chi connectivity index (χ2n) is 5.39. The van der Waals surface area contributed by atoms with Gasteiger partial charge in [0.05, 0.1) is 23.4 Å². The molecule has 3 rings (SSSR count). The molecular formula is C18H15N3O4. The molecule has 1 amide bonds. The van der Waals surface area contributed by atoms with Gasteiger partial charge in [-0.25, -0.2) is 10.3 Å². The van der Waals surface area contributed by atoms with Crippen molar-refractivity contribution in [3.8, 4) is 22.5 Å². The van der Waals surface area contributed by atoms with Crippen molar-refractivity contribution in [2.75, 3.05) is 0 Å². The Kier molecular flexibility index (Phi) is 4.58. The molecule has 25 heavy (non-hydrogen) atoms. The third kappa shape index (κ3) is 3.41. The fourth-order valence-electron chi connectivity index (χ4n) is 2.59. The number of aromatic amines is 1. The molecule has 0 bridgehead atoms. The van der Waals surface area contributed by atoms with Gasteiger partial charge in [0.2, 0.25) is 5.91 Å². The highest BCUT2D eigenvalue weighted by Gasteiger charge is 2.19. The number of hydroxylamine groups is 1. The molecular weight excluding hydrogens is 322 g/mol. The van der Waals surface area contributed by atoms with Gasteiger partial charge in [-0.3, -0.25) is 15.1 Å². The Morgan fingerprint density at radius 3 is 2.28 bits per heavy atom. The first-order valence-electron chi connectivity index (χ1n) is 7.49. The smallest absolute Gasteiger partial charge is 0.335 e. The van der Waals surface area contributed by atoms with Crippen molar-refractivity contribution in [1.29, 1.82) is 0 Å². The number of aromatic carboxylic acids is 1. The second kappa shape index (κ2) is 6.98. The van der Waals surface area contributed by atoms with Crippen LogP contribution in [-0.4, -0.2) is 32.4 Å². The number of H-pyrrole nitrogens is 1. The quantitative estimate of drug-likeness (QED) is 0.422. The van der Waals surface area contributed by atoms with Crippen molar-refractivity contribution in [2.45, 2.75) is 6.42 Å². The van der Waals surface area contributed by atoms with E-state index in [1.165, 1.54) is 12.1 Å². The van der Waals surface area contributed by atoms with E-state index in [9.17, 15) is 9.59 Å². The van der Waals surface area contributed by atoms with Gasteiger partial charge in [0.15, 0.2) is 0 Å². The second-order valence-corrected chi connectivity index (χ2v) is 5.39. The van der Waals surface area contributed by atoms with Crippen LogP contribution in [0.1, 0.15) is 15.9 Å². The van der Waals surface area contributed by atoms with E-state index < -0.39 is 11.9 Å². The third-order valence-corrected chi connectivity index (χ3v) is 3.80. The molecule has 0 aliphatic rings. The maximum Gasteiger partial charge on any atom is 0.335 e. The number of carbonyl (C=O) groups is 2. The van der Waals surface area contributed by atoms with Gasteiger partial charge < -0.3 is 5.11 Å². The average molecular weight is 337 g/mol. The van der Waals surface area contributed by atoms with E-state index in [4.69, 9.17) is 10.3 Å². The van der Waals surface area contributed by atoms with Crippen molar-refractivity contribution in [2.24, 2.45) is 0 Å². The van der Waals surface area contributed by atoms with Crippen LogP contribution >= 0.6 is 0 Å². The molecule has 0 unspecified atom stereocenters. The predicted octanol–water partition coefficient (Wildman–Crippen LogP) is 2.49. The lowest BCUT2D eigenvalue weighted by molar-refractivity contribution is -0.128. The van der Waals surface area contributed by atoms with Crippen LogP contribution in [0.4, 0.5) is 0 Å². The predicted molar refractivity (Wildman–Crippen MR) is 90.1 cm³/mol. The van der Waals surface area contributed by atoms with E-state index >= 15 is 0 Å². The molecule has 0 atom stereocenters. The van der Waals surface area contributed by atoms with E-state index in [1.807, 2.05) is 30.3 Å². The normalized spacial score (nSPS) is 10.4. The Hall–Kier alpha value is -3.45. The Morgan fingerprint density at radius 1 is 1.00 bits per heavy atom. The third-order valence-electron chi connectivity index (χ3n) is 3.80. The van der Waals surface area contributed by atoms with Crippen LogP contribution in [-0.2, 0) is 11.2 Å². The highest BCUT2D eigenvalue weighted by Crippen LogP contribution is 2.30. The topological polar surface area (TPSA) is 115 Å². The molecule has 1 heterocycles. The number of benzene rings is 2. The number of nitrogens with one attached hydrogen (secondary N) is 2. The highest BCUT2D eigenvalue weighted by molar-refractivity contribution is 5.89. The van der Waals surface area contributed by atoms with E-state index in [0.717, 1.165) is 5.56 Å². The number of aromatic nitrogens is 2. The van der Waals surface area contributed by atoms with Crippen LogP contribution in [0, 0.1) is 0 Å². The molecule has 0 aliphatic carbocycles. The average Bonchev–Trinajstić information content (AvgIpc) is 3.05. The van der Waals surface area contributed by atoms with Crippen LogP contribution in [0.15, 0.2) is 54.6 Å². The van der Waals surface area contributed by atoms with Gasteiger partial charge in [0, 0.05) is 11.1 Å². The Bertz CT molecular complexity index is 902. The molecule has 7 heteroatoms. The summed E-state index contributed by atoms with van der Waals surface area (Å²) in [5, 5.41) is 25.1. The number of amides is 1. The molecule has 7 nitrogen and oxygen atoms in total. The van der Waals surface area contributed by atoms with Gasteiger partial charge in [-0.05, 0) is 17.7 Å². The van der Waals surface area contributed by atoms with Crippen molar-refractivity contribution in [3.63, 3.8) is 0 Å². The van der Waals surface area contributed by atoms with E-state index in [0.29, 0.717) is 22.5 Å². The van der Waals surface area contributed by atoms with Crippen molar-refractivity contribution < 1.29 is 19.9 Å². The lowest BCUT2D eigenvalue weighted by atomic mass is 9.98. The monoisotopic (exact) mass is 337 g/mol. The lowest BCUT2D eigenvalue weighted by Crippen LogP contribution is -2.21. The zero-order valence-electron chi connectivity index (χ0n) is 13.1. The fourth-order valence-corrected chi connectivity index (χ4v) is 2.59. The summed E-state index contributed by atoms with van der Waals surface area (Å²) in [7, 11) is 0. The first-order chi connectivity index (χ1) is 12.1. The van der Waals surface area contributed by atoms with Crippen molar-refractivity contribution >= 4 is 11.9 Å². The molecule has 0 aliphatic heterocycles. The number of rotatable bonds is 5. The minimum atomic E-state index is -1.01. The molecule has 4 N–H and O–H groups in total. The summed E-state index contributed by atoms with van der Waals surface area (Å²) in [4.78, 5) is 22.7. The number of carboxylic acid groups (broad SMARTS) is 1. The van der Waals surface area contributed by atoms with Crippen molar-refractivity contribution in [1.82, 2.24) is 15.7 Å². The summed E-state index contributed by atoms with van der Waals surface area (Å²) in [6.45, 7) is 0. The lowest BCUT2D eigenvalue weighted by Gasteiger charge is -2.06. The van der Waals surface area contributed by atoms with Crippen LogP contribution in [0.25, 0.3) is 22.5 Å². The largest absolute Gasteiger partial charge is 0.478 e. The van der Waals surface area contributed by atoms with Gasteiger partial charge in [-0.1, -0.05) is 42.5 Å². The maximum absolute atomic E-state index is 11.7. The number of hydrogen-bond donors (Lipinski definition) is 4. The molecule has 126 valence electrons. The van der Waals surface area contributed by atoms with Crippen LogP contribution < -0.4 is 5.48 Å². The van der Waals surface area contributed by atoms with E-state index in [1.54, 1.807) is 17.6 Å². The highest BCUT2D eigenvalue weighted by atomic mass is 16.5. The molecule has 0 radical (unpaired) electrons. The maximum atomic E-state index is 11.7. The van der Waals surface area contributed by atoms with Gasteiger partial charge >= 0.3 is 5.97 Å². The van der Waals surface area contributed by atoms with Gasteiger partial charge in [0.1, 0.15) is 0 Å². The SMILES string of the molecule is O=C(Cc1c(-c2ccccc2)n[nH]c1-c1ccc(C(=O)O)cc1)NO. The molecule has 3 aromatic rings. The Balaban J connectivity index is 2.08. The number of carboxylic acids is 1. The first kappa shape index (κ1) is 16.4. The zero-order chi connectivity index (χ0) is 17.8. The Morgan fingerprint density at radius 2 is 1.68 bits per heavy atom. The molecule has 2 aromatic carbocycles. The van der Waals surface area contributed by atoms with Gasteiger partial charge in [-0.2, -0.15) is 5.10 Å². The van der Waals surface area contributed by atoms with Crippen LogP contribution in [0.5, 0.6) is 0 Å². The zero-order valence-corrected chi connectivity index (χ0v) is 13.1. The molecule has 0 saturated carbocycles. The summed E-state index contributed by atoms with van der Waals surface area (Å²) < 4.78 is 0. The summed E-state index contributed by atoms with van der Waals surface area (Å²) in [5.41, 5.74) is 5.12. The minimum absolute atomic E-state index is 0.0761. The van der Waals surface area contributed by atoms with Crippen LogP contribution in [0.3, 0.4) is 0 Å². The van der Waals surface area contributed by atoms with Gasteiger partial charge in [-0.15, -0.1) is 0 Å². The molecule has 1 aromatic heterocycles. The van der Waals surface area contributed by atoms with E-state index in [2.05, 4.69) is 10.2 Å². The molecule has 0 spiro atoms. The summed E-state index contributed by atoms with van der Waals surface area (Å²) in [5.74, 6) is -1.58. The minimum Gasteiger partial charge on any atom is -0.478 e. The number of hydrogen-bond acceptors (Lipinski definition) is 4. The number of nitrogens with zero attached hydrogens (tertiary/aromatic N) is 1. The van der Waals surface area contributed by atoms with Crippen LogP contribution in [0.2, 0.25) is 0 Å². The summed E-state index contributed by atoms with van der Waals surface area (Å²) in [6, 6.07) is 15.6. The van der Waals surface area contributed by atoms with E-state index in [-0.39, 0.29) is 12.0 Å². The summed E-state index contributed by atoms with van der Waals surface area (Å²) in [6.07, 6.45) is -0.0761. The summed E-state index contributed by atoms with van der Waals surface area (Å²) >= 11 is 0.